The third-order valence-electron chi connectivity index (χ3n) is 2.95. The predicted octanol–water partition coefficient (Wildman–Crippen LogP) is 1.67. The summed E-state index contributed by atoms with van der Waals surface area (Å²) in [4.78, 5) is 11.7. The van der Waals surface area contributed by atoms with Gasteiger partial charge in [-0.25, -0.2) is 8.78 Å². The van der Waals surface area contributed by atoms with Crippen LogP contribution in [0.1, 0.15) is 12.8 Å². The van der Waals surface area contributed by atoms with E-state index in [0.717, 1.165) is 31.0 Å². The molecule has 1 aliphatic rings. The smallest absolute Gasteiger partial charge is 0.239 e. The third-order valence-corrected chi connectivity index (χ3v) is 2.95. The van der Waals surface area contributed by atoms with Gasteiger partial charge in [0.25, 0.3) is 0 Å². The molecule has 19 heavy (non-hydrogen) atoms. The standard InChI is InChI=1S/C13H16F2N2O2/c14-9-1-2-11(15)12(7-9)16-8-13(18)17-10-3-5-19-6-4-10/h1-2,7,10,16H,3-6,8H2,(H,17,18). The van der Waals surface area contributed by atoms with E-state index in [1.54, 1.807) is 0 Å². The average Bonchev–Trinajstić information content (AvgIpc) is 2.41. The van der Waals surface area contributed by atoms with Crippen LogP contribution >= 0.6 is 0 Å². The van der Waals surface area contributed by atoms with Crippen LogP contribution in [0.15, 0.2) is 18.2 Å². The van der Waals surface area contributed by atoms with E-state index in [-0.39, 0.29) is 24.2 Å². The van der Waals surface area contributed by atoms with E-state index in [1.165, 1.54) is 0 Å². The Labute approximate surface area is 110 Å². The van der Waals surface area contributed by atoms with Crippen molar-refractivity contribution >= 4 is 11.6 Å². The molecule has 2 rings (SSSR count). The molecular formula is C13H16F2N2O2. The minimum absolute atomic E-state index is 0.0119. The van der Waals surface area contributed by atoms with E-state index >= 15 is 0 Å². The Balaban J connectivity index is 1.81. The molecule has 1 heterocycles. The summed E-state index contributed by atoms with van der Waals surface area (Å²) in [5, 5.41) is 5.41. The van der Waals surface area contributed by atoms with Gasteiger partial charge in [0.05, 0.1) is 12.2 Å². The van der Waals surface area contributed by atoms with Crippen LogP contribution in [0.4, 0.5) is 14.5 Å². The molecule has 1 fully saturated rings. The Kier molecular flexibility index (Phi) is 4.68. The second-order valence-corrected chi connectivity index (χ2v) is 4.43. The first kappa shape index (κ1) is 13.7. The van der Waals surface area contributed by atoms with E-state index in [4.69, 9.17) is 4.74 Å². The monoisotopic (exact) mass is 270 g/mol. The van der Waals surface area contributed by atoms with Gasteiger partial charge in [0, 0.05) is 19.3 Å². The lowest BCUT2D eigenvalue weighted by Crippen LogP contribution is -2.41. The quantitative estimate of drug-likeness (QED) is 0.875. The summed E-state index contributed by atoms with van der Waals surface area (Å²) in [6.07, 6.45) is 1.56. The van der Waals surface area contributed by atoms with Gasteiger partial charge >= 0.3 is 0 Å². The van der Waals surface area contributed by atoms with Crippen LogP contribution in [-0.2, 0) is 9.53 Å². The highest BCUT2D eigenvalue weighted by atomic mass is 19.1. The fourth-order valence-corrected chi connectivity index (χ4v) is 1.93. The summed E-state index contributed by atoms with van der Waals surface area (Å²) in [7, 11) is 0. The van der Waals surface area contributed by atoms with Crippen molar-refractivity contribution in [2.75, 3.05) is 25.1 Å². The van der Waals surface area contributed by atoms with Crippen molar-refractivity contribution < 1.29 is 18.3 Å². The minimum atomic E-state index is -0.583. The number of rotatable bonds is 4. The number of benzene rings is 1. The molecule has 104 valence electrons. The molecule has 2 N–H and O–H groups in total. The predicted molar refractivity (Wildman–Crippen MR) is 66.8 cm³/mol. The van der Waals surface area contributed by atoms with Crippen molar-refractivity contribution in [3.8, 4) is 0 Å². The van der Waals surface area contributed by atoms with Crippen molar-refractivity contribution in [3.63, 3.8) is 0 Å². The highest BCUT2D eigenvalue weighted by molar-refractivity contribution is 5.81. The number of hydrogen-bond donors (Lipinski definition) is 2. The van der Waals surface area contributed by atoms with Gasteiger partial charge in [0.15, 0.2) is 0 Å². The molecular weight excluding hydrogens is 254 g/mol. The molecule has 4 nitrogen and oxygen atoms in total. The van der Waals surface area contributed by atoms with Crippen LogP contribution in [-0.4, -0.2) is 31.7 Å². The van der Waals surface area contributed by atoms with Crippen LogP contribution in [0.3, 0.4) is 0 Å². The first-order chi connectivity index (χ1) is 9.15. The topological polar surface area (TPSA) is 50.4 Å². The van der Waals surface area contributed by atoms with Gasteiger partial charge in [-0.05, 0) is 31.0 Å². The maximum atomic E-state index is 13.3. The van der Waals surface area contributed by atoms with Gasteiger partial charge in [-0.1, -0.05) is 0 Å². The van der Waals surface area contributed by atoms with Gasteiger partial charge in [-0.15, -0.1) is 0 Å². The normalized spacial score (nSPS) is 16.1. The number of anilines is 1. The maximum Gasteiger partial charge on any atom is 0.239 e. The number of carbonyl (C=O) groups is 1. The van der Waals surface area contributed by atoms with Crippen LogP contribution in [0.25, 0.3) is 0 Å². The second-order valence-electron chi connectivity index (χ2n) is 4.43. The SMILES string of the molecule is O=C(CNc1cc(F)ccc1F)NC1CCOCC1. The fourth-order valence-electron chi connectivity index (χ4n) is 1.93. The number of ether oxygens (including phenoxy) is 1. The molecule has 0 spiro atoms. The lowest BCUT2D eigenvalue weighted by atomic mass is 10.1. The Morgan fingerprint density at radius 3 is 2.79 bits per heavy atom. The number of carbonyl (C=O) groups excluding carboxylic acids is 1. The van der Waals surface area contributed by atoms with Gasteiger partial charge in [-0.2, -0.15) is 0 Å². The van der Waals surface area contributed by atoms with Crippen molar-refractivity contribution in [3.05, 3.63) is 29.8 Å². The summed E-state index contributed by atoms with van der Waals surface area (Å²) in [6, 6.07) is 3.17. The van der Waals surface area contributed by atoms with E-state index in [1.807, 2.05) is 0 Å². The molecule has 1 aromatic carbocycles. The van der Waals surface area contributed by atoms with Crippen molar-refractivity contribution in [2.24, 2.45) is 0 Å². The fraction of sp³-hybridized carbons (Fsp3) is 0.462. The summed E-state index contributed by atoms with van der Waals surface area (Å²) in [6.45, 7) is 1.19. The molecule has 6 heteroatoms. The molecule has 1 aliphatic heterocycles. The summed E-state index contributed by atoms with van der Waals surface area (Å²) in [5.41, 5.74) is -0.0119. The maximum absolute atomic E-state index is 13.3. The molecule has 0 radical (unpaired) electrons. The highest BCUT2D eigenvalue weighted by Crippen LogP contribution is 2.14. The highest BCUT2D eigenvalue weighted by Gasteiger charge is 2.16. The zero-order chi connectivity index (χ0) is 13.7. The minimum Gasteiger partial charge on any atom is -0.381 e. The molecule has 0 unspecified atom stereocenters. The van der Waals surface area contributed by atoms with Crippen LogP contribution in [0.5, 0.6) is 0 Å². The Bertz CT molecular complexity index is 448. The average molecular weight is 270 g/mol. The van der Waals surface area contributed by atoms with Crippen molar-refractivity contribution in [2.45, 2.75) is 18.9 Å². The molecule has 0 saturated carbocycles. The largest absolute Gasteiger partial charge is 0.381 e. The molecule has 1 saturated heterocycles. The molecule has 0 atom stereocenters. The zero-order valence-corrected chi connectivity index (χ0v) is 10.4. The van der Waals surface area contributed by atoms with Gasteiger partial charge in [0.2, 0.25) is 5.91 Å². The number of amides is 1. The summed E-state index contributed by atoms with van der Waals surface area (Å²) < 4.78 is 31.4. The van der Waals surface area contributed by atoms with E-state index < -0.39 is 11.6 Å². The van der Waals surface area contributed by atoms with Crippen molar-refractivity contribution in [1.82, 2.24) is 5.32 Å². The molecule has 0 bridgehead atoms. The summed E-state index contributed by atoms with van der Waals surface area (Å²) in [5.74, 6) is -1.37. The van der Waals surface area contributed by atoms with Gasteiger partial charge in [0.1, 0.15) is 11.6 Å². The molecule has 0 aromatic heterocycles. The molecule has 1 aromatic rings. The molecule has 1 amide bonds. The second kappa shape index (κ2) is 6.47. The van der Waals surface area contributed by atoms with Crippen molar-refractivity contribution in [1.29, 1.82) is 0 Å². The Hall–Kier alpha value is -1.69. The van der Waals surface area contributed by atoms with E-state index in [2.05, 4.69) is 10.6 Å². The Morgan fingerprint density at radius 2 is 2.05 bits per heavy atom. The van der Waals surface area contributed by atoms with E-state index in [0.29, 0.717) is 13.2 Å². The van der Waals surface area contributed by atoms with E-state index in [9.17, 15) is 13.6 Å². The third kappa shape index (κ3) is 4.17. The van der Waals surface area contributed by atoms with Gasteiger partial charge in [-0.3, -0.25) is 4.79 Å². The zero-order valence-electron chi connectivity index (χ0n) is 10.4. The first-order valence-corrected chi connectivity index (χ1v) is 6.21. The lowest BCUT2D eigenvalue weighted by molar-refractivity contribution is -0.120. The Morgan fingerprint density at radius 1 is 1.32 bits per heavy atom. The number of hydrogen-bond acceptors (Lipinski definition) is 3. The number of nitrogens with one attached hydrogen (secondary N) is 2. The van der Waals surface area contributed by atoms with Crippen LogP contribution in [0, 0.1) is 11.6 Å². The summed E-state index contributed by atoms with van der Waals surface area (Å²) >= 11 is 0. The van der Waals surface area contributed by atoms with Gasteiger partial charge < -0.3 is 15.4 Å². The van der Waals surface area contributed by atoms with Crippen LogP contribution in [0.2, 0.25) is 0 Å². The van der Waals surface area contributed by atoms with Crippen LogP contribution < -0.4 is 10.6 Å². The lowest BCUT2D eigenvalue weighted by Gasteiger charge is -2.23. The first-order valence-electron chi connectivity index (χ1n) is 6.21. The molecule has 0 aliphatic carbocycles. The number of halogens is 2.